The van der Waals surface area contributed by atoms with E-state index in [4.69, 9.17) is 23.2 Å². The molecule has 1 aliphatic rings. The molecular weight excluding hydrogens is 365 g/mol. The lowest BCUT2D eigenvalue weighted by atomic mass is 10.1. The summed E-state index contributed by atoms with van der Waals surface area (Å²) in [6, 6.07) is 8.75. The number of sulfone groups is 1. The van der Waals surface area contributed by atoms with Crippen LogP contribution in [0.25, 0.3) is 0 Å². The number of fused-ring (bicyclic) bond motifs is 1. The van der Waals surface area contributed by atoms with Crippen LogP contribution >= 0.6 is 23.2 Å². The van der Waals surface area contributed by atoms with Crippen molar-refractivity contribution in [1.29, 1.82) is 0 Å². The summed E-state index contributed by atoms with van der Waals surface area (Å²) in [5.41, 5.74) is 0.410. The molecule has 0 aromatic heterocycles. The average Bonchev–Trinajstić information content (AvgIpc) is 2.76. The van der Waals surface area contributed by atoms with E-state index in [9.17, 15) is 18.3 Å². The maximum absolute atomic E-state index is 12.6. The molecule has 0 fully saturated rings. The lowest BCUT2D eigenvalue weighted by Gasteiger charge is -2.16. The van der Waals surface area contributed by atoms with Crippen LogP contribution in [-0.2, 0) is 9.84 Å². The molecule has 1 amide bonds. The number of phenols is 1. The number of amides is 1. The predicted octanol–water partition coefficient (Wildman–Crippen LogP) is 2.27. The number of carbonyl (C=O) groups excluding carboxylic acids is 1. The summed E-state index contributed by atoms with van der Waals surface area (Å²) >= 11 is 11.6. The standard InChI is InChI=1S/C14H9Cl2NO4S.H2O/c15-9-5-8(6-10(16)13(9)18)14(19)17-7-22(20,21)12-4-2-1-3-11(12)17;/h1-6,18H,7H2;1H2. The number of anilines is 1. The van der Waals surface area contributed by atoms with Crippen molar-refractivity contribution in [3.05, 3.63) is 52.0 Å². The van der Waals surface area contributed by atoms with Gasteiger partial charge in [-0.25, -0.2) is 8.42 Å². The molecule has 0 saturated carbocycles. The van der Waals surface area contributed by atoms with Gasteiger partial charge in [0.1, 0.15) is 5.88 Å². The number of hydrogen-bond acceptors (Lipinski definition) is 4. The number of para-hydroxylation sites is 1. The molecule has 3 rings (SSSR count). The molecule has 9 heteroatoms. The molecule has 23 heavy (non-hydrogen) atoms. The fourth-order valence-electron chi connectivity index (χ4n) is 2.27. The van der Waals surface area contributed by atoms with Crippen molar-refractivity contribution in [2.75, 3.05) is 10.8 Å². The van der Waals surface area contributed by atoms with Crippen LogP contribution in [0.4, 0.5) is 5.69 Å². The molecule has 2 aromatic rings. The fraction of sp³-hybridized carbons (Fsp3) is 0.0714. The van der Waals surface area contributed by atoms with Crippen LogP contribution in [0.15, 0.2) is 41.3 Å². The van der Waals surface area contributed by atoms with Gasteiger partial charge in [0.2, 0.25) is 0 Å². The summed E-state index contributed by atoms with van der Waals surface area (Å²) in [4.78, 5) is 13.8. The Morgan fingerprint density at radius 1 is 1.13 bits per heavy atom. The van der Waals surface area contributed by atoms with E-state index in [0.717, 1.165) is 4.90 Å². The summed E-state index contributed by atoms with van der Waals surface area (Å²) in [6.45, 7) is 0. The Hall–Kier alpha value is -1.80. The van der Waals surface area contributed by atoms with Gasteiger partial charge in [0.15, 0.2) is 15.6 Å². The second-order valence-corrected chi connectivity index (χ2v) is 7.48. The number of nitrogens with zero attached hydrogens (tertiary/aromatic N) is 1. The molecule has 6 nitrogen and oxygen atoms in total. The van der Waals surface area contributed by atoms with E-state index in [1.807, 2.05) is 0 Å². The van der Waals surface area contributed by atoms with Crippen molar-refractivity contribution in [2.45, 2.75) is 4.90 Å². The molecular formula is C14H11Cl2NO5S. The molecule has 0 saturated heterocycles. The zero-order valence-electron chi connectivity index (χ0n) is 11.5. The van der Waals surface area contributed by atoms with E-state index < -0.39 is 21.6 Å². The minimum absolute atomic E-state index is 0. The quantitative estimate of drug-likeness (QED) is 0.824. The molecule has 0 aliphatic carbocycles. The van der Waals surface area contributed by atoms with Crippen LogP contribution in [0.3, 0.4) is 0 Å². The Morgan fingerprint density at radius 2 is 1.70 bits per heavy atom. The van der Waals surface area contributed by atoms with Gasteiger partial charge in [-0.1, -0.05) is 35.3 Å². The summed E-state index contributed by atoms with van der Waals surface area (Å²) < 4.78 is 24.2. The van der Waals surface area contributed by atoms with Crippen LogP contribution in [-0.4, -0.2) is 30.8 Å². The zero-order chi connectivity index (χ0) is 16.1. The van der Waals surface area contributed by atoms with Gasteiger partial charge < -0.3 is 10.6 Å². The highest BCUT2D eigenvalue weighted by atomic mass is 35.5. The van der Waals surface area contributed by atoms with Crippen LogP contribution in [0, 0.1) is 0 Å². The highest BCUT2D eigenvalue weighted by Gasteiger charge is 2.36. The maximum Gasteiger partial charge on any atom is 0.259 e. The van der Waals surface area contributed by atoms with Crippen molar-refractivity contribution in [1.82, 2.24) is 0 Å². The van der Waals surface area contributed by atoms with Gasteiger partial charge in [0.25, 0.3) is 5.91 Å². The number of hydrogen-bond donors (Lipinski definition) is 1. The second-order valence-electron chi connectivity index (χ2n) is 4.73. The Labute approximate surface area is 142 Å². The van der Waals surface area contributed by atoms with Crippen LogP contribution < -0.4 is 4.90 Å². The number of halogens is 2. The van der Waals surface area contributed by atoms with Gasteiger partial charge in [-0.3, -0.25) is 9.69 Å². The Balaban J connectivity index is 0.00000192. The van der Waals surface area contributed by atoms with E-state index in [0.29, 0.717) is 5.69 Å². The zero-order valence-corrected chi connectivity index (χ0v) is 13.8. The van der Waals surface area contributed by atoms with Crippen LogP contribution in [0.1, 0.15) is 10.4 Å². The van der Waals surface area contributed by atoms with Crippen molar-refractivity contribution in [3.8, 4) is 5.75 Å². The van der Waals surface area contributed by atoms with E-state index in [1.54, 1.807) is 18.2 Å². The third-order valence-corrected chi connectivity index (χ3v) is 5.49. The van der Waals surface area contributed by atoms with Gasteiger partial charge in [0, 0.05) is 5.56 Å². The summed E-state index contributed by atoms with van der Waals surface area (Å²) in [6.07, 6.45) is 0. The predicted molar refractivity (Wildman–Crippen MR) is 87.0 cm³/mol. The molecule has 0 unspecified atom stereocenters. The maximum atomic E-state index is 12.6. The first-order valence-electron chi connectivity index (χ1n) is 6.13. The highest BCUT2D eigenvalue weighted by Crippen LogP contribution is 2.37. The third kappa shape index (κ3) is 2.88. The highest BCUT2D eigenvalue weighted by molar-refractivity contribution is 7.92. The van der Waals surface area contributed by atoms with Gasteiger partial charge in [-0.2, -0.15) is 0 Å². The van der Waals surface area contributed by atoms with Crippen molar-refractivity contribution >= 4 is 44.6 Å². The molecule has 0 bridgehead atoms. The number of carbonyl (C=O) groups is 1. The monoisotopic (exact) mass is 375 g/mol. The third-order valence-electron chi connectivity index (χ3n) is 3.30. The van der Waals surface area contributed by atoms with Crippen LogP contribution in [0.2, 0.25) is 10.0 Å². The number of phenolic OH excluding ortho intramolecular Hbond substituents is 1. The van der Waals surface area contributed by atoms with Crippen molar-refractivity contribution < 1.29 is 23.8 Å². The summed E-state index contributed by atoms with van der Waals surface area (Å²) in [7, 11) is -3.55. The SMILES string of the molecule is O.O=C(c1cc(Cl)c(O)c(Cl)c1)N1CS(=O)(=O)c2ccccc21. The Bertz CT molecular complexity index is 875. The fourth-order valence-corrected chi connectivity index (χ4v) is 4.27. The van der Waals surface area contributed by atoms with Crippen LogP contribution in [0.5, 0.6) is 5.75 Å². The largest absolute Gasteiger partial charge is 0.505 e. The molecule has 2 aromatic carbocycles. The number of aromatic hydroxyl groups is 1. The lowest BCUT2D eigenvalue weighted by Crippen LogP contribution is -2.30. The smallest absolute Gasteiger partial charge is 0.259 e. The van der Waals surface area contributed by atoms with E-state index in [2.05, 4.69) is 0 Å². The molecule has 1 heterocycles. The van der Waals surface area contributed by atoms with Gasteiger partial charge in [-0.05, 0) is 24.3 Å². The molecule has 1 aliphatic heterocycles. The van der Waals surface area contributed by atoms with E-state index >= 15 is 0 Å². The normalized spacial score (nSPS) is 15.0. The van der Waals surface area contributed by atoms with E-state index in [1.165, 1.54) is 18.2 Å². The number of benzene rings is 2. The molecule has 0 atom stereocenters. The van der Waals surface area contributed by atoms with Gasteiger partial charge >= 0.3 is 0 Å². The topological polar surface area (TPSA) is 106 Å². The molecule has 3 N–H and O–H groups in total. The first kappa shape index (κ1) is 17.6. The first-order valence-corrected chi connectivity index (χ1v) is 8.54. The Morgan fingerprint density at radius 3 is 2.30 bits per heavy atom. The number of rotatable bonds is 1. The average molecular weight is 376 g/mol. The first-order chi connectivity index (χ1) is 10.3. The van der Waals surface area contributed by atoms with Crippen molar-refractivity contribution in [3.63, 3.8) is 0 Å². The summed E-state index contributed by atoms with van der Waals surface area (Å²) in [5.74, 6) is -1.33. The Kier molecular flexibility index (Phi) is 4.59. The second kappa shape index (κ2) is 6.01. The minimum atomic E-state index is -3.55. The molecule has 0 radical (unpaired) electrons. The van der Waals surface area contributed by atoms with E-state index in [-0.39, 0.29) is 31.7 Å². The van der Waals surface area contributed by atoms with Crippen molar-refractivity contribution in [2.24, 2.45) is 0 Å². The molecule has 0 spiro atoms. The molecule has 122 valence electrons. The van der Waals surface area contributed by atoms with Gasteiger partial charge in [-0.15, -0.1) is 0 Å². The minimum Gasteiger partial charge on any atom is -0.505 e. The summed E-state index contributed by atoms with van der Waals surface area (Å²) in [5, 5.41) is 9.38. The van der Waals surface area contributed by atoms with Gasteiger partial charge in [0.05, 0.1) is 20.6 Å². The lowest BCUT2D eigenvalue weighted by molar-refractivity contribution is 0.0991.